The molecule has 0 N–H and O–H groups in total. The highest BCUT2D eigenvalue weighted by Crippen LogP contribution is 2.32. The van der Waals surface area contributed by atoms with Crippen molar-refractivity contribution in [2.45, 2.75) is 18.6 Å². The third-order valence-electron chi connectivity index (χ3n) is 5.24. The van der Waals surface area contributed by atoms with Gasteiger partial charge in [0.15, 0.2) is 5.16 Å². The molecule has 1 fully saturated rings. The van der Waals surface area contributed by atoms with Crippen LogP contribution in [-0.4, -0.2) is 69.9 Å². The van der Waals surface area contributed by atoms with E-state index in [0.29, 0.717) is 59.5 Å². The molecular formula is C22H24N4O5S2. The summed E-state index contributed by atoms with van der Waals surface area (Å²) in [4.78, 5) is 46.5. The minimum absolute atomic E-state index is 0.0644. The van der Waals surface area contributed by atoms with Crippen molar-refractivity contribution in [3.05, 3.63) is 46.8 Å². The van der Waals surface area contributed by atoms with Gasteiger partial charge in [0.2, 0.25) is 5.91 Å². The van der Waals surface area contributed by atoms with Crippen molar-refractivity contribution in [2.24, 2.45) is 0 Å². The fourth-order valence-corrected chi connectivity index (χ4v) is 5.47. The number of fused-ring (bicyclic) bond motifs is 1. The quantitative estimate of drug-likeness (QED) is 0.286. The number of nitrogens with zero attached hydrogens (tertiary/aromatic N) is 4. The molecule has 33 heavy (non-hydrogen) atoms. The number of thioether (sulfide) groups is 1. The van der Waals surface area contributed by atoms with Gasteiger partial charge in [-0.05, 0) is 19.1 Å². The molecule has 1 aliphatic heterocycles. The predicted octanol–water partition coefficient (Wildman–Crippen LogP) is 3.30. The third kappa shape index (κ3) is 4.83. The van der Waals surface area contributed by atoms with Gasteiger partial charge in [-0.3, -0.25) is 14.2 Å². The summed E-state index contributed by atoms with van der Waals surface area (Å²) in [6.45, 7) is 7.89. The molecule has 1 aliphatic rings. The number of furan rings is 1. The summed E-state index contributed by atoms with van der Waals surface area (Å²) < 4.78 is 12.0. The average Bonchev–Trinajstić information content (AvgIpc) is 3.50. The molecule has 0 unspecified atom stereocenters. The molecule has 0 atom stereocenters. The largest absolute Gasteiger partial charge is 0.464 e. The predicted molar refractivity (Wildman–Crippen MR) is 128 cm³/mol. The van der Waals surface area contributed by atoms with E-state index in [4.69, 9.17) is 9.15 Å². The van der Waals surface area contributed by atoms with Gasteiger partial charge in [0.25, 0.3) is 5.56 Å². The summed E-state index contributed by atoms with van der Waals surface area (Å²) in [5.41, 5.74) is 0.521. The number of aromatic nitrogens is 2. The molecular weight excluding hydrogens is 464 g/mol. The number of hydrogen-bond acceptors (Lipinski definition) is 8. The first-order valence-corrected chi connectivity index (χ1v) is 12.4. The van der Waals surface area contributed by atoms with Crippen molar-refractivity contribution in [2.75, 3.05) is 38.5 Å². The normalized spacial score (nSPS) is 14.0. The smallest absolute Gasteiger partial charge is 0.409 e. The van der Waals surface area contributed by atoms with E-state index in [1.807, 2.05) is 11.4 Å². The lowest BCUT2D eigenvalue weighted by atomic mass is 10.2. The van der Waals surface area contributed by atoms with Crippen LogP contribution < -0.4 is 5.56 Å². The molecule has 1 saturated heterocycles. The van der Waals surface area contributed by atoms with Gasteiger partial charge < -0.3 is 19.0 Å². The number of rotatable bonds is 7. The third-order valence-corrected chi connectivity index (χ3v) is 7.07. The van der Waals surface area contributed by atoms with E-state index in [1.165, 1.54) is 27.7 Å². The number of hydrogen-bond donors (Lipinski definition) is 0. The van der Waals surface area contributed by atoms with E-state index < -0.39 is 0 Å². The Kier molecular flexibility index (Phi) is 7.19. The second-order valence-corrected chi connectivity index (χ2v) is 9.06. The minimum Gasteiger partial charge on any atom is -0.464 e. The first-order chi connectivity index (χ1) is 16.0. The zero-order valence-electron chi connectivity index (χ0n) is 18.2. The summed E-state index contributed by atoms with van der Waals surface area (Å²) in [7, 11) is 0. The van der Waals surface area contributed by atoms with E-state index in [1.54, 1.807) is 35.1 Å². The molecule has 0 aliphatic carbocycles. The van der Waals surface area contributed by atoms with Crippen LogP contribution in [0.5, 0.6) is 0 Å². The van der Waals surface area contributed by atoms with Crippen LogP contribution in [0, 0.1) is 0 Å². The summed E-state index contributed by atoms with van der Waals surface area (Å²) in [5, 5.41) is 2.83. The van der Waals surface area contributed by atoms with Crippen LogP contribution >= 0.6 is 23.1 Å². The van der Waals surface area contributed by atoms with Crippen LogP contribution in [0.3, 0.4) is 0 Å². The highest BCUT2D eigenvalue weighted by Gasteiger charge is 2.25. The number of ether oxygens (including phenoxy) is 1. The van der Waals surface area contributed by atoms with E-state index >= 15 is 0 Å². The maximum Gasteiger partial charge on any atom is 0.409 e. The summed E-state index contributed by atoms with van der Waals surface area (Å²) in [6.07, 6.45) is 2.85. The molecule has 0 bridgehead atoms. The molecule has 11 heteroatoms. The highest BCUT2D eigenvalue weighted by atomic mass is 32.2. The van der Waals surface area contributed by atoms with Gasteiger partial charge >= 0.3 is 6.09 Å². The first-order valence-electron chi connectivity index (χ1n) is 10.5. The van der Waals surface area contributed by atoms with Crippen molar-refractivity contribution < 1.29 is 18.7 Å². The Morgan fingerprint density at radius 2 is 2.06 bits per heavy atom. The van der Waals surface area contributed by atoms with Gasteiger partial charge in [-0.25, -0.2) is 9.78 Å². The Balaban J connectivity index is 1.49. The lowest BCUT2D eigenvalue weighted by molar-refractivity contribution is -0.129. The molecule has 3 aromatic rings. The van der Waals surface area contributed by atoms with Gasteiger partial charge in [0.05, 0.1) is 24.0 Å². The molecule has 4 rings (SSSR count). The van der Waals surface area contributed by atoms with Crippen molar-refractivity contribution >= 4 is 45.3 Å². The monoisotopic (exact) mass is 488 g/mol. The molecule has 0 radical (unpaired) electrons. The second-order valence-electron chi connectivity index (χ2n) is 7.26. The Labute approximate surface area is 198 Å². The van der Waals surface area contributed by atoms with Crippen LogP contribution in [0.15, 0.2) is 50.8 Å². The highest BCUT2D eigenvalue weighted by molar-refractivity contribution is 7.99. The number of piperazine rings is 1. The van der Waals surface area contributed by atoms with E-state index in [-0.39, 0.29) is 29.9 Å². The van der Waals surface area contributed by atoms with Crippen molar-refractivity contribution in [1.29, 1.82) is 0 Å². The Morgan fingerprint density at radius 1 is 1.30 bits per heavy atom. The number of carbonyl (C=O) groups excluding carboxylic acids is 2. The number of allylic oxidation sites excluding steroid dienone is 1. The van der Waals surface area contributed by atoms with E-state index in [2.05, 4.69) is 11.6 Å². The lowest BCUT2D eigenvalue weighted by Gasteiger charge is -2.34. The van der Waals surface area contributed by atoms with Crippen LogP contribution in [0.4, 0.5) is 4.79 Å². The molecule has 3 aromatic heterocycles. The molecule has 4 heterocycles. The molecule has 0 spiro atoms. The number of carbonyl (C=O) groups is 2. The maximum atomic E-state index is 13.3. The SMILES string of the molecule is C=CCn1c(SCC(=O)N2CCN(C(=O)OCC)CC2)nc2scc(-c3ccco3)c2c1=O. The summed E-state index contributed by atoms with van der Waals surface area (Å²) >= 11 is 2.60. The molecule has 0 aromatic carbocycles. The van der Waals surface area contributed by atoms with Crippen LogP contribution in [-0.2, 0) is 16.1 Å². The minimum atomic E-state index is -0.352. The van der Waals surface area contributed by atoms with Crippen LogP contribution in [0.2, 0.25) is 0 Å². The van der Waals surface area contributed by atoms with Crippen molar-refractivity contribution in [1.82, 2.24) is 19.4 Å². The molecule has 174 valence electrons. The average molecular weight is 489 g/mol. The Bertz CT molecular complexity index is 1210. The van der Waals surface area contributed by atoms with Crippen LogP contribution in [0.1, 0.15) is 6.92 Å². The Morgan fingerprint density at radius 3 is 2.73 bits per heavy atom. The lowest BCUT2D eigenvalue weighted by Crippen LogP contribution is -2.51. The summed E-state index contributed by atoms with van der Waals surface area (Å²) in [5.74, 6) is 0.693. The van der Waals surface area contributed by atoms with Gasteiger partial charge in [-0.2, -0.15) is 0 Å². The topological polar surface area (TPSA) is 97.9 Å². The van der Waals surface area contributed by atoms with Gasteiger partial charge in [-0.1, -0.05) is 17.8 Å². The number of thiophene rings is 1. The van der Waals surface area contributed by atoms with Crippen molar-refractivity contribution in [3.8, 4) is 11.3 Å². The maximum absolute atomic E-state index is 13.3. The molecule has 2 amide bonds. The molecule has 0 saturated carbocycles. The standard InChI is InChI=1S/C22H24N4O5S2/c1-3-7-26-20(28)18-15(16-6-5-12-31-16)13-32-19(18)23-21(26)33-14-17(27)24-8-10-25(11-9-24)22(29)30-4-2/h3,5-6,12-13H,1,4,7-11,14H2,2H3. The molecule has 9 nitrogen and oxygen atoms in total. The van der Waals surface area contributed by atoms with Gasteiger partial charge in [0.1, 0.15) is 10.6 Å². The number of amides is 2. The zero-order chi connectivity index (χ0) is 23.4. The zero-order valence-corrected chi connectivity index (χ0v) is 19.8. The second kappa shape index (κ2) is 10.3. The van der Waals surface area contributed by atoms with E-state index in [0.717, 1.165) is 0 Å². The van der Waals surface area contributed by atoms with Crippen molar-refractivity contribution in [3.63, 3.8) is 0 Å². The van der Waals surface area contributed by atoms with Gasteiger partial charge in [0, 0.05) is 43.7 Å². The first kappa shape index (κ1) is 23.1. The van der Waals surface area contributed by atoms with E-state index in [9.17, 15) is 14.4 Å². The Hall–Kier alpha value is -3.05. The fraction of sp³-hybridized carbons (Fsp3) is 0.364. The van der Waals surface area contributed by atoms with Gasteiger partial charge in [-0.15, -0.1) is 17.9 Å². The fourth-order valence-electron chi connectivity index (χ4n) is 3.59. The van der Waals surface area contributed by atoms with Crippen LogP contribution in [0.25, 0.3) is 21.5 Å². The summed E-state index contributed by atoms with van der Waals surface area (Å²) in [6, 6.07) is 3.58.